The van der Waals surface area contributed by atoms with Crippen molar-refractivity contribution in [1.82, 2.24) is 24.9 Å². The standard InChI is InChI=1S/C21H30N6O3/c1-4-24-9-11-25(12-10-24)14-19-8-6-5-7-18(19)13-22-20(28)15-26-17(3)21(27(29)30)16(2)23-26/h5-8H,4,9-15H2,1-3H3,(H,22,28). The molecule has 2 heterocycles. The van der Waals surface area contributed by atoms with E-state index in [1.165, 1.54) is 10.2 Å². The highest BCUT2D eigenvalue weighted by Crippen LogP contribution is 2.21. The molecule has 162 valence electrons. The maximum absolute atomic E-state index is 12.4. The maximum Gasteiger partial charge on any atom is 0.312 e. The van der Waals surface area contributed by atoms with Crippen LogP contribution in [0.3, 0.4) is 0 Å². The number of carbonyl (C=O) groups is 1. The van der Waals surface area contributed by atoms with Crippen LogP contribution in [0.5, 0.6) is 0 Å². The molecular weight excluding hydrogens is 384 g/mol. The summed E-state index contributed by atoms with van der Waals surface area (Å²) in [6, 6.07) is 8.15. The molecular formula is C21H30N6O3. The second-order valence-electron chi connectivity index (χ2n) is 7.69. The Morgan fingerprint density at radius 3 is 2.37 bits per heavy atom. The summed E-state index contributed by atoms with van der Waals surface area (Å²) >= 11 is 0. The van der Waals surface area contributed by atoms with Crippen LogP contribution in [0.25, 0.3) is 0 Å². The summed E-state index contributed by atoms with van der Waals surface area (Å²) in [7, 11) is 0. The molecule has 1 aromatic carbocycles. The quantitative estimate of drug-likeness (QED) is 0.523. The van der Waals surface area contributed by atoms with Crippen molar-refractivity contribution < 1.29 is 9.72 Å². The zero-order chi connectivity index (χ0) is 21.7. The minimum Gasteiger partial charge on any atom is -0.350 e. The van der Waals surface area contributed by atoms with E-state index >= 15 is 0 Å². The van der Waals surface area contributed by atoms with E-state index in [1.54, 1.807) is 13.8 Å². The smallest absolute Gasteiger partial charge is 0.312 e. The first-order chi connectivity index (χ1) is 14.4. The lowest BCUT2D eigenvalue weighted by Crippen LogP contribution is -2.45. The summed E-state index contributed by atoms with van der Waals surface area (Å²) in [5, 5.41) is 18.2. The molecule has 0 bridgehead atoms. The Hall–Kier alpha value is -2.78. The number of nitrogens with one attached hydrogen (secondary N) is 1. The highest BCUT2D eigenvalue weighted by molar-refractivity contribution is 5.75. The number of piperazine rings is 1. The molecule has 0 radical (unpaired) electrons. The van der Waals surface area contributed by atoms with Gasteiger partial charge in [-0.05, 0) is 31.5 Å². The molecule has 9 nitrogen and oxygen atoms in total. The van der Waals surface area contributed by atoms with Gasteiger partial charge in [-0.25, -0.2) is 0 Å². The van der Waals surface area contributed by atoms with Gasteiger partial charge < -0.3 is 10.2 Å². The number of hydrogen-bond donors (Lipinski definition) is 1. The van der Waals surface area contributed by atoms with Crippen LogP contribution in [-0.2, 0) is 24.4 Å². The topological polar surface area (TPSA) is 96.5 Å². The monoisotopic (exact) mass is 414 g/mol. The van der Waals surface area contributed by atoms with Gasteiger partial charge in [0.25, 0.3) is 0 Å². The lowest BCUT2D eigenvalue weighted by atomic mass is 10.1. The van der Waals surface area contributed by atoms with Gasteiger partial charge in [-0.15, -0.1) is 0 Å². The Morgan fingerprint density at radius 2 is 1.77 bits per heavy atom. The van der Waals surface area contributed by atoms with Crippen molar-refractivity contribution in [3.05, 3.63) is 56.9 Å². The molecule has 1 aromatic heterocycles. The molecule has 1 saturated heterocycles. The Balaban J connectivity index is 1.58. The third-order valence-corrected chi connectivity index (χ3v) is 5.72. The Kier molecular flexibility index (Phi) is 7.17. The van der Waals surface area contributed by atoms with Crippen LogP contribution in [0.4, 0.5) is 5.69 Å². The van der Waals surface area contributed by atoms with Crippen molar-refractivity contribution in [2.75, 3.05) is 32.7 Å². The maximum atomic E-state index is 12.4. The molecule has 0 spiro atoms. The number of aryl methyl sites for hydroxylation is 1. The fraction of sp³-hybridized carbons (Fsp3) is 0.524. The lowest BCUT2D eigenvalue weighted by molar-refractivity contribution is -0.386. The largest absolute Gasteiger partial charge is 0.350 e. The van der Waals surface area contributed by atoms with Crippen molar-refractivity contribution in [3.63, 3.8) is 0 Å². The summed E-state index contributed by atoms with van der Waals surface area (Å²) in [5.41, 5.74) is 2.97. The molecule has 0 unspecified atom stereocenters. The van der Waals surface area contributed by atoms with E-state index in [1.807, 2.05) is 18.2 Å². The Morgan fingerprint density at radius 1 is 1.13 bits per heavy atom. The van der Waals surface area contributed by atoms with E-state index in [9.17, 15) is 14.9 Å². The van der Waals surface area contributed by atoms with Gasteiger partial charge in [-0.1, -0.05) is 31.2 Å². The number of nitro groups is 1. The fourth-order valence-corrected chi connectivity index (χ4v) is 3.88. The van der Waals surface area contributed by atoms with Gasteiger partial charge >= 0.3 is 5.69 Å². The number of amides is 1. The Bertz CT molecular complexity index is 902. The van der Waals surface area contributed by atoms with Crippen molar-refractivity contribution in [3.8, 4) is 0 Å². The number of likely N-dealkylation sites (N-methyl/N-ethyl adjacent to an activating group) is 1. The third-order valence-electron chi connectivity index (χ3n) is 5.72. The molecule has 2 aromatic rings. The number of carbonyl (C=O) groups excluding carboxylic acids is 1. The third kappa shape index (κ3) is 5.22. The van der Waals surface area contributed by atoms with Crippen LogP contribution in [-0.4, -0.2) is 63.1 Å². The SMILES string of the molecule is CCN1CCN(Cc2ccccc2CNC(=O)Cn2nc(C)c([N+](=O)[O-])c2C)CC1. The number of hydrogen-bond acceptors (Lipinski definition) is 6. The molecule has 0 aliphatic carbocycles. The molecule has 1 aliphatic heterocycles. The van der Waals surface area contributed by atoms with Crippen molar-refractivity contribution >= 4 is 11.6 Å². The zero-order valence-corrected chi connectivity index (χ0v) is 17.9. The number of nitrogens with zero attached hydrogens (tertiary/aromatic N) is 5. The Labute approximate surface area is 176 Å². The van der Waals surface area contributed by atoms with Crippen LogP contribution in [0.1, 0.15) is 29.4 Å². The minimum atomic E-state index is -0.456. The van der Waals surface area contributed by atoms with Gasteiger partial charge in [0, 0.05) is 39.3 Å². The van der Waals surface area contributed by atoms with Crippen molar-refractivity contribution in [2.45, 2.75) is 40.4 Å². The average molecular weight is 415 g/mol. The second-order valence-corrected chi connectivity index (χ2v) is 7.69. The highest BCUT2D eigenvalue weighted by Gasteiger charge is 2.23. The summed E-state index contributed by atoms with van der Waals surface area (Å²) in [6.45, 7) is 12.0. The second kappa shape index (κ2) is 9.82. The van der Waals surface area contributed by atoms with E-state index in [2.05, 4.69) is 33.2 Å². The normalized spacial score (nSPS) is 15.3. The number of benzene rings is 1. The molecule has 1 N–H and O–H groups in total. The van der Waals surface area contributed by atoms with Gasteiger partial charge in [0.1, 0.15) is 17.9 Å². The fourth-order valence-electron chi connectivity index (χ4n) is 3.88. The van der Waals surface area contributed by atoms with Gasteiger partial charge in [0.05, 0.1) is 4.92 Å². The van der Waals surface area contributed by atoms with Crippen LogP contribution in [0, 0.1) is 24.0 Å². The average Bonchev–Trinajstić information content (AvgIpc) is 3.01. The predicted molar refractivity (Wildman–Crippen MR) is 114 cm³/mol. The summed E-state index contributed by atoms with van der Waals surface area (Å²) in [6.07, 6.45) is 0. The first kappa shape index (κ1) is 21.9. The number of rotatable bonds is 8. The van der Waals surface area contributed by atoms with Crippen molar-refractivity contribution in [1.29, 1.82) is 0 Å². The van der Waals surface area contributed by atoms with Crippen molar-refractivity contribution in [2.24, 2.45) is 0 Å². The van der Waals surface area contributed by atoms with E-state index < -0.39 is 4.92 Å². The van der Waals surface area contributed by atoms with Gasteiger partial charge in [0.15, 0.2) is 0 Å². The molecule has 30 heavy (non-hydrogen) atoms. The van der Waals surface area contributed by atoms with E-state index in [-0.39, 0.29) is 18.1 Å². The molecule has 1 amide bonds. The lowest BCUT2D eigenvalue weighted by Gasteiger charge is -2.34. The summed E-state index contributed by atoms with van der Waals surface area (Å²) in [4.78, 5) is 28.0. The molecule has 0 saturated carbocycles. The molecule has 1 fully saturated rings. The predicted octanol–water partition coefficient (Wildman–Crippen LogP) is 1.86. The molecule has 0 atom stereocenters. The van der Waals surface area contributed by atoms with E-state index in [0.29, 0.717) is 17.9 Å². The van der Waals surface area contributed by atoms with Crippen LogP contribution in [0.2, 0.25) is 0 Å². The zero-order valence-electron chi connectivity index (χ0n) is 17.9. The van der Waals surface area contributed by atoms with Crippen LogP contribution in [0.15, 0.2) is 24.3 Å². The molecule has 1 aliphatic rings. The van der Waals surface area contributed by atoms with E-state index in [4.69, 9.17) is 0 Å². The number of aromatic nitrogens is 2. The van der Waals surface area contributed by atoms with Crippen LogP contribution >= 0.6 is 0 Å². The van der Waals surface area contributed by atoms with Gasteiger partial charge in [0.2, 0.25) is 5.91 Å². The summed E-state index contributed by atoms with van der Waals surface area (Å²) in [5.74, 6) is -0.220. The summed E-state index contributed by atoms with van der Waals surface area (Å²) < 4.78 is 1.39. The van der Waals surface area contributed by atoms with Gasteiger partial charge in [-0.2, -0.15) is 5.10 Å². The first-order valence-electron chi connectivity index (χ1n) is 10.4. The molecule has 9 heteroatoms. The van der Waals surface area contributed by atoms with E-state index in [0.717, 1.165) is 44.8 Å². The first-order valence-corrected chi connectivity index (χ1v) is 10.4. The van der Waals surface area contributed by atoms with Crippen LogP contribution < -0.4 is 5.32 Å². The molecule has 3 rings (SSSR count). The van der Waals surface area contributed by atoms with Gasteiger partial charge in [-0.3, -0.25) is 24.5 Å². The minimum absolute atomic E-state index is 0.0312. The highest BCUT2D eigenvalue weighted by atomic mass is 16.6.